The summed E-state index contributed by atoms with van der Waals surface area (Å²) in [5, 5.41) is 10.6. The fraction of sp³-hybridized carbons (Fsp3) is 0.0323. The van der Waals surface area contributed by atoms with Gasteiger partial charge in [0.05, 0.1) is 29.3 Å². The Morgan fingerprint density at radius 1 is 1.05 bits per heavy atom. The molecule has 2 aromatic heterocycles. The van der Waals surface area contributed by atoms with Crippen LogP contribution in [0.4, 0.5) is 10.1 Å². The molecule has 0 saturated heterocycles. The number of carbonyl (C=O) groups is 1. The van der Waals surface area contributed by atoms with E-state index in [-0.39, 0.29) is 17.4 Å². The molecule has 5 rings (SSSR count). The number of aromatic nitrogens is 3. The molecule has 2 N–H and O–H groups in total. The lowest BCUT2D eigenvalue weighted by molar-refractivity contribution is 0.102. The van der Waals surface area contributed by atoms with Crippen molar-refractivity contribution in [3.63, 3.8) is 0 Å². The number of allylic oxidation sites excluding steroid dienone is 2. The number of aliphatic imine (C=N–C) groups is 1. The van der Waals surface area contributed by atoms with Gasteiger partial charge in [0, 0.05) is 10.9 Å². The molecule has 3 aromatic carbocycles. The second-order valence-electron chi connectivity index (χ2n) is 8.69. The topological polar surface area (TPSA) is 92.3 Å². The first-order valence-electron chi connectivity index (χ1n) is 12.1. The zero-order valence-electron chi connectivity index (χ0n) is 21.1. The zero-order valence-corrected chi connectivity index (χ0v) is 21.1. The molecular formula is C31H24FN5O2. The highest BCUT2D eigenvalue weighted by molar-refractivity contribution is 6.11. The maximum absolute atomic E-state index is 13.5. The smallest absolute Gasteiger partial charge is 0.276 e. The molecular weight excluding hydrogens is 493 g/mol. The molecule has 0 fully saturated rings. The number of benzene rings is 3. The van der Waals surface area contributed by atoms with Crippen LogP contribution in [0.2, 0.25) is 0 Å². The summed E-state index contributed by atoms with van der Waals surface area (Å²) in [6.07, 6.45) is 4.92. The summed E-state index contributed by atoms with van der Waals surface area (Å²) in [5.74, 6) is 0.478. The van der Waals surface area contributed by atoms with Crippen molar-refractivity contribution in [3.8, 4) is 17.0 Å². The van der Waals surface area contributed by atoms with E-state index in [1.54, 1.807) is 30.5 Å². The maximum Gasteiger partial charge on any atom is 0.276 e. The highest BCUT2D eigenvalue weighted by Crippen LogP contribution is 2.25. The van der Waals surface area contributed by atoms with E-state index in [1.165, 1.54) is 18.3 Å². The van der Waals surface area contributed by atoms with Crippen molar-refractivity contribution in [2.24, 2.45) is 4.99 Å². The van der Waals surface area contributed by atoms with Crippen molar-refractivity contribution in [2.45, 2.75) is 6.92 Å². The molecule has 0 aliphatic heterocycles. The average molecular weight is 518 g/mol. The Kier molecular flexibility index (Phi) is 7.36. The summed E-state index contributed by atoms with van der Waals surface area (Å²) in [7, 11) is 0. The van der Waals surface area contributed by atoms with E-state index < -0.39 is 0 Å². The van der Waals surface area contributed by atoms with Gasteiger partial charge in [0.1, 0.15) is 17.3 Å². The van der Waals surface area contributed by atoms with Crippen LogP contribution in [0.5, 0.6) is 5.75 Å². The van der Waals surface area contributed by atoms with Crippen LogP contribution in [0.25, 0.3) is 27.7 Å². The molecule has 0 saturated carbocycles. The monoisotopic (exact) mass is 517 g/mol. The summed E-state index contributed by atoms with van der Waals surface area (Å²) in [4.78, 5) is 21.3. The van der Waals surface area contributed by atoms with Crippen molar-refractivity contribution in [1.29, 1.82) is 0 Å². The summed E-state index contributed by atoms with van der Waals surface area (Å²) in [6, 6.07) is 24.7. The molecule has 1 amide bonds. The molecule has 0 bridgehead atoms. The first kappa shape index (κ1) is 25.3. The SMILES string of the molecule is C=N/C=C(\C=C(/C)c1ccc2[nH]nc(C(=O)Nc3ccc(-c4cccc(F)c4)nc3)c2c1)Oc1ccccc1. The number of carbonyl (C=O) groups excluding carboxylic acids is 1. The van der Waals surface area contributed by atoms with E-state index >= 15 is 0 Å². The number of ether oxygens (including phenoxy) is 1. The molecule has 7 nitrogen and oxygen atoms in total. The standard InChI is InChI=1S/C31H24FN5O2/c1-20(15-26(19-33-2)39-25-9-4-3-5-10-25)21-11-13-29-27(17-21)30(37-36-29)31(38)35-24-12-14-28(34-18-24)22-7-6-8-23(32)16-22/h3-19H,2H2,1H3,(H,35,38)(H,36,37)/b20-15+,26-19+. The molecule has 0 radical (unpaired) electrons. The van der Waals surface area contributed by atoms with Crippen molar-refractivity contribution >= 4 is 34.8 Å². The molecule has 0 aliphatic rings. The van der Waals surface area contributed by atoms with Crippen molar-refractivity contribution < 1.29 is 13.9 Å². The number of nitrogens with one attached hydrogen (secondary N) is 2. The van der Waals surface area contributed by atoms with E-state index in [1.807, 2.05) is 61.5 Å². The van der Waals surface area contributed by atoms with E-state index in [9.17, 15) is 9.18 Å². The number of fused-ring (bicyclic) bond motifs is 1. The van der Waals surface area contributed by atoms with Crippen LogP contribution in [-0.4, -0.2) is 27.8 Å². The number of rotatable bonds is 8. The number of nitrogens with zero attached hydrogens (tertiary/aromatic N) is 3. The van der Waals surface area contributed by atoms with Crippen LogP contribution in [0.3, 0.4) is 0 Å². The fourth-order valence-corrected chi connectivity index (χ4v) is 4.01. The highest BCUT2D eigenvalue weighted by Gasteiger charge is 2.16. The quantitative estimate of drug-likeness (QED) is 0.131. The minimum atomic E-state index is -0.385. The van der Waals surface area contributed by atoms with Crippen LogP contribution in [-0.2, 0) is 0 Å². The molecule has 5 aromatic rings. The molecule has 2 heterocycles. The van der Waals surface area contributed by atoms with Crippen molar-refractivity contribution in [1.82, 2.24) is 15.2 Å². The number of halogens is 1. The summed E-state index contributed by atoms with van der Waals surface area (Å²) in [5.41, 5.74) is 4.49. The zero-order chi connectivity index (χ0) is 27.2. The molecule has 0 spiro atoms. The lowest BCUT2D eigenvalue weighted by Gasteiger charge is -2.08. The van der Waals surface area contributed by atoms with Gasteiger partial charge in [-0.2, -0.15) is 5.10 Å². The minimum absolute atomic E-state index is 0.248. The Morgan fingerprint density at radius 2 is 1.90 bits per heavy atom. The van der Waals surface area contributed by atoms with Gasteiger partial charge in [-0.05, 0) is 79.4 Å². The van der Waals surface area contributed by atoms with Crippen molar-refractivity contribution in [3.05, 3.63) is 126 Å². The van der Waals surface area contributed by atoms with Gasteiger partial charge in [-0.25, -0.2) is 4.39 Å². The van der Waals surface area contributed by atoms with Gasteiger partial charge in [-0.3, -0.25) is 19.9 Å². The third-order valence-corrected chi connectivity index (χ3v) is 5.93. The number of pyridine rings is 1. The summed E-state index contributed by atoms with van der Waals surface area (Å²) < 4.78 is 19.5. The van der Waals surface area contributed by atoms with E-state index in [4.69, 9.17) is 4.74 Å². The Labute approximate surface area is 224 Å². The first-order chi connectivity index (χ1) is 19.0. The van der Waals surface area contributed by atoms with Crippen LogP contribution in [0.1, 0.15) is 23.0 Å². The van der Waals surface area contributed by atoms with Crippen LogP contribution in [0, 0.1) is 5.82 Å². The third-order valence-electron chi connectivity index (χ3n) is 5.93. The number of anilines is 1. The number of hydrogen-bond acceptors (Lipinski definition) is 5. The number of amides is 1. The van der Waals surface area contributed by atoms with Gasteiger partial charge in [-0.1, -0.05) is 36.4 Å². The Bertz CT molecular complexity index is 1710. The Morgan fingerprint density at radius 3 is 2.64 bits per heavy atom. The van der Waals surface area contributed by atoms with E-state index in [0.717, 1.165) is 16.7 Å². The molecule has 8 heteroatoms. The Hall–Kier alpha value is -5.37. The van der Waals surface area contributed by atoms with Gasteiger partial charge in [0.15, 0.2) is 5.69 Å². The largest absolute Gasteiger partial charge is 0.456 e. The summed E-state index contributed by atoms with van der Waals surface area (Å²) >= 11 is 0. The van der Waals surface area contributed by atoms with E-state index in [2.05, 4.69) is 32.2 Å². The van der Waals surface area contributed by atoms with Gasteiger partial charge in [0.25, 0.3) is 5.91 Å². The molecule has 192 valence electrons. The van der Waals surface area contributed by atoms with Crippen LogP contribution < -0.4 is 10.1 Å². The van der Waals surface area contributed by atoms with Gasteiger partial charge < -0.3 is 10.1 Å². The molecule has 0 aliphatic carbocycles. The van der Waals surface area contributed by atoms with Crippen molar-refractivity contribution in [2.75, 3.05) is 5.32 Å². The third kappa shape index (κ3) is 5.97. The van der Waals surface area contributed by atoms with Crippen LogP contribution >= 0.6 is 0 Å². The first-order valence-corrected chi connectivity index (χ1v) is 12.1. The predicted octanol–water partition coefficient (Wildman–Crippen LogP) is 7.04. The number of aromatic amines is 1. The normalized spacial score (nSPS) is 11.8. The van der Waals surface area contributed by atoms with Gasteiger partial charge in [0.2, 0.25) is 0 Å². The number of hydrogen-bond donors (Lipinski definition) is 2. The Balaban J connectivity index is 1.36. The van der Waals surface area contributed by atoms with E-state index in [0.29, 0.717) is 33.8 Å². The molecule has 0 atom stereocenters. The fourth-order valence-electron chi connectivity index (χ4n) is 4.01. The molecule has 0 unspecified atom stereocenters. The van der Waals surface area contributed by atoms with Gasteiger partial charge in [-0.15, -0.1) is 0 Å². The second-order valence-corrected chi connectivity index (χ2v) is 8.69. The summed E-state index contributed by atoms with van der Waals surface area (Å²) in [6.45, 7) is 5.48. The minimum Gasteiger partial charge on any atom is -0.456 e. The predicted molar refractivity (Wildman–Crippen MR) is 152 cm³/mol. The molecule has 39 heavy (non-hydrogen) atoms. The van der Waals surface area contributed by atoms with Crippen LogP contribution in [0.15, 0.2) is 114 Å². The number of H-pyrrole nitrogens is 1. The maximum atomic E-state index is 13.5. The lowest BCUT2D eigenvalue weighted by atomic mass is 10.0. The average Bonchev–Trinajstić information content (AvgIpc) is 3.38. The second kappa shape index (κ2) is 11.4. The lowest BCUT2D eigenvalue weighted by Crippen LogP contribution is -2.13. The van der Waals surface area contributed by atoms with Gasteiger partial charge >= 0.3 is 0 Å². The number of para-hydroxylation sites is 1. The highest BCUT2D eigenvalue weighted by atomic mass is 19.1.